The van der Waals surface area contributed by atoms with Gasteiger partial charge in [-0.15, -0.1) is 0 Å². The fourth-order valence-electron chi connectivity index (χ4n) is 5.14. The summed E-state index contributed by atoms with van der Waals surface area (Å²) in [5, 5.41) is 63.8. The number of rotatable bonds is 0. The van der Waals surface area contributed by atoms with Gasteiger partial charge in [-0.25, -0.2) is 0 Å². The van der Waals surface area contributed by atoms with Crippen molar-refractivity contribution in [1.29, 1.82) is 0 Å². The summed E-state index contributed by atoms with van der Waals surface area (Å²) in [7, 11) is 0. The van der Waals surface area contributed by atoms with Gasteiger partial charge in [0.15, 0.2) is 40.2 Å². The van der Waals surface area contributed by atoms with Crippen LogP contribution in [0.15, 0.2) is 85.7 Å². The first-order chi connectivity index (χ1) is 25.2. The molecule has 19 heteroatoms. The van der Waals surface area contributed by atoms with Crippen LogP contribution in [0, 0.1) is 0 Å². The lowest BCUT2D eigenvalue weighted by Crippen LogP contribution is -2.36. The van der Waals surface area contributed by atoms with E-state index in [1.165, 1.54) is 24.3 Å². The molecule has 0 aromatic heterocycles. The Hall–Kier alpha value is -3.20. The van der Waals surface area contributed by atoms with Gasteiger partial charge in [-0.05, 0) is 179 Å². The van der Waals surface area contributed by atoms with Gasteiger partial charge in [0.2, 0.25) is 0 Å². The Balaban J connectivity index is 1.51. The molecule has 1 unspecified atom stereocenters. The van der Waals surface area contributed by atoms with Crippen LogP contribution < -0.4 is 20.1 Å². The number of nitrogens with zero attached hydrogens (tertiary/aromatic N) is 2. The summed E-state index contributed by atoms with van der Waals surface area (Å²) < 4.78 is 14.4. The number of phenolic OH excluding ortho intramolecular Hbond substituents is 2. The van der Waals surface area contributed by atoms with Gasteiger partial charge in [-0.2, -0.15) is 0 Å². The minimum absolute atomic E-state index is 0.0247. The van der Waals surface area contributed by atoms with Crippen molar-refractivity contribution in [3.8, 4) is 34.5 Å². The van der Waals surface area contributed by atoms with Crippen molar-refractivity contribution in [3.63, 3.8) is 0 Å². The smallest absolute Gasteiger partial charge is 0.272 e. The van der Waals surface area contributed by atoms with Crippen LogP contribution in [0.1, 0.15) is 28.4 Å². The molecule has 4 aromatic carbocycles. The van der Waals surface area contributed by atoms with Crippen molar-refractivity contribution in [2.24, 2.45) is 10.3 Å². The number of aromatic hydroxyl groups is 2. The molecule has 53 heavy (non-hydrogen) atoms. The third-order valence-electron chi connectivity index (χ3n) is 7.75. The number of aliphatic hydroxyl groups is 1. The highest BCUT2D eigenvalue weighted by Gasteiger charge is 2.26. The summed E-state index contributed by atoms with van der Waals surface area (Å²) in [6, 6.07) is 12.7. The minimum atomic E-state index is -1.67. The normalized spacial score (nSPS) is 17.5. The number of hydrogen-bond donors (Lipinski definition) is 7. The molecule has 13 nitrogen and oxygen atoms in total. The highest BCUT2D eigenvalue weighted by Crippen LogP contribution is 2.45. The maximum Gasteiger partial charge on any atom is 0.272 e. The molecule has 0 spiro atoms. The molecular formula is C34H26Br6N4O9. The molecule has 8 bridgehead atoms. The number of halogens is 6. The quantitative estimate of drug-likeness (QED) is 0.0666. The zero-order valence-electron chi connectivity index (χ0n) is 26.8. The van der Waals surface area contributed by atoms with Gasteiger partial charge < -0.3 is 45.8 Å². The third-order valence-corrected chi connectivity index (χ3v) is 11.3. The Labute approximate surface area is 352 Å². The number of oxime groups is 2. The molecule has 4 aliphatic heterocycles. The van der Waals surface area contributed by atoms with Crippen LogP contribution in [0.2, 0.25) is 0 Å². The van der Waals surface area contributed by atoms with Crippen LogP contribution in [0.4, 0.5) is 0 Å². The monoisotopic (exact) mass is 1110 g/mol. The molecule has 2 amide bonds. The predicted octanol–water partition coefficient (Wildman–Crippen LogP) is 8.52. The lowest BCUT2D eigenvalue weighted by Gasteiger charge is -2.18. The molecule has 278 valence electrons. The largest absolute Gasteiger partial charge is 0.503 e. The molecule has 0 fully saturated rings. The molecule has 4 aromatic rings. The summed E-state index contributed by atoms with van der Waals surface area (Å²) >= 11 is 20.5. The maximum atomic E-state index is 13.1. The Morgan fingerprint density at radius 2 is 1.04 bits per heavy atom. The summed E-state index contributed by atoms with van der Waals surface area (Å²) in [5.41, 5.74) is 1.29. The summed E-state index contributed by atoms with van der Waals surface area (Å²) in [6.45, 7) is 0.249. The second-order valence-corrected chi connectivity index (χ2v) is 16.5. The van der Waals surface area contributed by atoms with Gasteiger partial charge in [0.05, 0.1) is 26.8 Å². The van der Waals surface area contributed by atoms with E-state index in [4.69, 9.17) is 9.47 Å². The number of ether oxygens (including phenoxy) is 2. The fourth-order valence-corrected chi connectivity index (χ4v) is 8.94. The van der Waals surface area contributed by atoms with Gasteiger partial charge >= 0.3 is 0 Å². The highest BCUT2D eigenvalue weighted by atomic mass is 79.9. The molecule has 0 saturated carbocycles. The number of carbonyl (C=O) groups excluding carboxylic acids is 2. The molecular weight excluding hydrogens is 1090 g/mol. The number of carbonyl (C=O) groups is 2. The van der Waals surface area contributed by atoms with E-state index in [0.29, 0.717) is 36.7 Å². The number of nitrogens with one attached hydrogen (secondary N) is 2. The van der Waals surface area contributed by atoms with E-state index in [2.05, 4.69) is 117 Å². The Kier molecular flexibility index (Phi) is 13.9. The van der Waals surface area contributed by atoms with Gasteiger partial charge in [0.25, 0.3) is 11.8 Å². The molecule has 0 radical (unpaired) electrons. The maximum absolute atomic E-state index is 13.1. The van der Waals surface area contributed by atoms with E-state index in [0.717, 1.165) is 5.56 Å². The first-order valence-electron chi connectivity index (χ1n) is 15.2. The zero-order chi connectivity index (χ0) is 38.6. The van der Waals surface area contributed by atoms with Crippen molar-refractivity contribution in [1.82, 2.24) is 10.6 Å². The molecule has 8 rings (SSSR count). The molecule has 7 N–H and O–H groups in total. The number of aliphatic hydroxyl groups excluding tert-OH is 1. The second kappa shape index (κ2) is 18.0. The number of hydrogen-bond acceptors (Lipinski definition) is 11. The van der Waals surface area contributed by atoms with E-state index in [1.807, 2.05) is 0 Å². The summed E-state index contributed by atoms with van der Waals surface area (Å²) in [5.74, 6) is -1.26. The van der Waals surface area contributed by atoms with Crippen LogP contribution >= 0.6 is 95.6 Å². The van der Waals surface area contributed by atoms with E-state index >= 15 is 0 Å². The standard InChI is InChI=1S/C34H26Br6N4O9/c35-18-5-15-2-4-42-34(49)27(44-51)28(45)17-12-22(39)32(23(40)13-17)53-26-11-16(8-19(36)30(26)47)9-24(43-50)33(48)41-3-1-14-6-20(37)31(21(38)7-14)52-25(10-15)29(18)46/h5-8,10-13,28,45-47,50-51H,1-4,9H2,(H,41,48)(H,42,49)/b43-24+,44-27+. The van der Waals surface area contributed by atoms with Crippen molar-refractivity contribution < 1.29 is 44.8 Å². The van der Waals surface area contributed by atoms with Crippen LogP contribution in [0.3, 0.4) is 0 Å². The summed E-state index contributed by atoms with van der Waals surface area (Å²) in [4.78, 5) is 26.1. The van der Waals surface area contributed by atoms with Gasteiger partial charge in [-0.3, -0.25) is 9.59 Å². The number of benzene rings is 4. The second-order valence-electron chi connectivity index (χ2n) is 11.4. The Bertz CT molecular complexity index is 2120. The predicted molar refractivity (Wildman–Crippen MR) is 216 cm³/mol. The molecule has 0 aliphatic carbocycles. The average molecular weight is 1110 g/mol. The Morgan fingerprint density at radius 3 is 1.55 bits per heavy atom. The molecule has 0 saturated heterocycles. The highest BCUT2D eigenvalue weighted by molar-refractivity contribution is 9.11. The van der Waals surface area contributed by atoms with E-state index in [-0.39, 0.29) is 79.4 Å². The van der Waals surface area contributed by atoms with Crippen molar-refractivity contribution in [2.75, 3.05) is 13.1 Å². The van der Waals surface area contributed by atoms with Gasteiger partial charge in [0.1, 0.15) is 11.8 Å². The molecule has 4 aliphatic rings. The fraction of sp³-hybridized carbons (Fsp3) is 0.176. The topological polar surface area (TPSA) is 203 Å². The average Bonchev–Trinajstić information content (AvgIpc) is 3.10. The van der Waals surface area contributed by atoms with Crippen LogP contribution in [-0.2, 0) is 28.9 Å². The van der Waals surface area contributed by atoms with Crippen LogP contribution in [0.25, 0.3) is 0 Å². The van der Waals surface area contributed by atoms with E-state index < -0.39 is 23.6 Å². The lowest BCUT2D eigenvalue weighted by atomic mass is 10.0. The van der Waals surface area contributed by atoms with Crippen molar-refractivity contribution >= 4 is 119 Å². The van der Waals surface area contributed by atoms with E-state index in [1.54, 1.807) is 24.3 Å². The molecule has 1 atom stereocenters. The zero-order valence-corrected chi connectivity index (χ0v) is 36.3. The summed E-state index contributed by atoms with van der Waals surface area (Å²) in [6.07, 6.45) is -1.15. The minimum Gasteiger partial charge on any atom is -0.503 e. The van der Waals surface area contributed by atoms with Gasteiger partial charge in [-0.1, -0.05) is 10.3 Å². The van der Waals surface area contributed by atoms with Crippen LogP contribution in [-0.4, -0.2) is 62.1 Å². The lowest BCUT2D eigenvalue weighted by molar-refractivity contribution is -0.116. The van der Waals surface area contributed by atoms with E-state index in [9.17, 15) is 35.3 Å². The van der Waals surface area contributed by atoms with Crippen molar-refractivity contribution in [3.05, 3.63) is 97.6 Å². The first-order valence-corrected chi connectivity index (χ1v) is 20.0. The first kappa shape index (κ1) is 41.0. The SMILES string of the molecule is O=C1NCCc2cc(Br)c(c(Br)c2)Oc2cc(cc(Br)c2O)CCNC(=O)/C(=N/O)C(O)c2cc(Br)c(c(Br)c2)Oc2cc(cc(Br)c2O)C/C1=N\O. The number of phenols is 2. The molecule has 4 heterocycles. The Morgan fingerprint density at radius 1 is 0.604 bits per heavy atom. The van der Waals surface area contributed by atoms with Gasteiger partial charge in [0, 0.05) is 19.5 Å². The third kappa shape index (κ3) is 9.73. The van der Waals surface area contributed by atoms with Crippen molar-refractivity contribution in [2.45, 2.75) is 25.4 Å². The number of amides is 2. The van der Waals surface area contributed by atoms with Crippen LogP contribution in [0.5, 0.6) is 34.5 Å².